The monoisotopic (exact) mass is 304 g/mol. The van der Waals surface area contributed by atoms with Gasteiger partial charge < -0.3 is 9.67 Å². The molecule has 2 aliphatic rings. The Morgan fingerprint density at radius 1 is 1.19 bits per heavy atom. The zero-order valence-electron chi connectivity index (χ0n) is 11.7. The van der Waals surface area contributed by atoms with E-state index in [2.05, 4.69) is 10.2 Å². The van der Waals surface area contributed by atoms with Crippen molar-refractivity contribution in [3.63, 3.8) is 0 Å². The third-order valence-corrected chi connectivity index (χ3v) is 4.48. The Bertz CT molecular complexity index is 496. The predicted octanol–water partition coefficient (Wildman–Crippen LogP) is 1.66. The summed E-state index contributed by atoms with van der Waals surface area (Å²) in [7, 11) is 0. The van der Waals surface area contributed by atoms with Gasteiger partial charge in [0.2, 0.25) is 5.82 Å². The van der Waals surface area contributed by atoms with E-state index in [0.717, 1.165) is 30.3 Å². The molecule has 3 rings (SSSR count). The molecule has 1 unspecified atom stereocenters. The highest BCUT2D eigenvalue weighted by molar-refractivity contribution is 5.02. The molecule has 21 heavy (non-hydrogen) atoms. The van der Waals surface area contributed by atoms with Gasteiger partial charge in [-0.2, -0.15) is 13.2 Å². The summed E-state index contributed by atoms with van der Waals surface area (Å²) in [6, 6.07) is 0. The van der Waals surface area contributed by atoms with Crippen LogP contribution in [-0.4, -0.2) is 44.0 Å². The number of alkyl halides is 3. The number of aliphatic hydroxyl groups is 1. The summed E-state index contributed by atoms with van der Waals surface area (Å²) in [5, 5.41) is 17.1. The summed E-state index contributed by atoms with van der Waals surface area (Å²) in [5.41, 5.74) is 0. The molecule has 1 saturated carbocycles. The molecule has 2 heterocycles. The summed E-state index contributed by atoms with van der Waals surface area (Å²) in [5.74, 6) is -0.267. The van der Waals surface area contributed by atoms with Crippen LogP contribution in [0.15, 0.2) is 0 Å². The second kappa shape index (κ2) is 5.57. The molecule has 0 bridgehead atoms. The Labute approximate surface area is 120 Å². The molecule has 1 aliphatic carbocycles. The maximum Gasteiger partial charge on any atom is 0.451 e. The molecule has 0 aromatic carbocycles. The van der Waals surface area contributed by atoms with E-state index < -0.39 is 18.1 Å². The lowest BCUT2D eigenvalue weighted by molar-refractivity contribution is -0.148. The minimum absolute atomic E-state index is 0.217. The van der Waals surface area contributed by atoms with Crippen LogP contribution >= 0.6 is 0 Å². The van der Waals surface area contributed by atoms with Crippen molar-refractivity contribution in [3.05, 3.63) is 11.6 Å². The van der Waals surface area contributed by atoms with Crippen molar-refractivity contribution < 1.29 is 18.3 Å². The molecule has 1 aromatic rings. The van der Waals surface area contributed by atoms with Crippen LogP contribution in [0.25, 0.3) is 0 Å². The highest BCUT2D eigenvalue weighted by Crippen LogP contribution is 2.31. The van der Waals surface area contributed by atoms with Crippen molar-refractivity contribution in [2.24, 2.45) is 5.92 Å². The van der Waals surface area contributed by atoms with E-state index in [0.29, 0.717) is 31.4 Å². The van der Waals surface area contributed by atoms with Gasteiger partial charge in [-0.1, -0.05) is 12.8 Å². The summed E-state index contributed by atoms with van der Waals surface area (Å²) in [4.78, 5) is 1.97. The van der Waals surface area contributed by atoms with Gasteiger partial charge in [0.05, 0.1) is 12.6 Å². The molecular formula is C13H19F3N4O. The highest BCUT2D eigenvalue weighted by atomic mass is 19.4. The molecule has 0 spiro atoms. The number of nitrogens with zero attached hydrogens (tertiary/aromatic N) is 4. The van der Waals surface area contributed by atoms with Gasteiger partial charge in [-0.15, -0.1) is 10.2 Å². The van der Waals surface area contributed by atoms with Crippen LogP contribution in [0.2, 0.25) is 0 Å². The van der Waals surface area contributed by atoms with Crippen LogP contribution in [0.1, 0.15) is 37.3 Å². The van der Waals surface area contributed by atoms with Gasteiger partial charge in [0.25, 0.3) is 0 Å². The first-order chi connectivity index (χ1) is 9.95. The lowest BCUT2D eigenvalue weighted by atomic mass is 10.0. The zero-order valence-corrected chi connectivity index (χ0v) is 11.7. The Balaban J connectivity index is 1.64. The van der Waals surface area contributed by atoms with E-state index in [9.17, 15) is 18.3 Å². The topological polar surface area (TPSA) is 54.2 Å². The molecule has 1 aromatic heterocycles. The number of hydrogen-bond acceptors (Lipinski definition) is 4. The SMILES string of the molecule is OC(CN1CCn2c(nnc2C(F)(F)F)C1)C1CCCC1. The highest BCUT2D eigenvalue weighted by Gasteiger charge is 2.39. The van der Waals surface area contributed by atoms with E-state index in [-0.39, 0.29) is 6.54 Å². The molecule has 1 aliphatic heterocycles. The van der Waals surface area contributed by atoms with Crippen molar-refractivity contribution in [1.82, 2.24) is 19.7 Å². The summed E-state index contributed by atoms with van der Waals surface area (Å²) in [6.07, 6.45) is -0.455. The Hall–Kier alpha value is -1.15. The minimum Gasteiger partial charge on any atom is -0.392 e. The second-order valence-electron chi connectivity index (χ2n) is 5.94. The molecule has 1 N–H and O–H groups in total. The van der Waals surface area contributed by atoms with Gasteiger partial charge in [-0.3, -0.25) is 4.90 Å². The fraction of sp³-hybridized carbons (Fsp3) is 0.846. The molecular weight excluding hydrogens is 285 g/mol. The second-order valence-corrected chi connectivity index (χ2v) is 5.94. The summed E-state index contributed by atoms with van der Waals surface area (Å²) < 4.78 is 39.4. The molecule has 0 amide bonds. The standard InChI is InChI=1S/C13H19F3N4O/c14-13(15,16)12-18-17-11-8-19(5-6-20(11)12)7-10(21)9-3-1-2-4-9/h9-10,21H,1-8H2. The fourth-order valence-electron chi connectivity index (χ4n) is 3.33. The van der Waals surface area contributed by atoms with Gasteiger partial charge in [0.15, 0.2) is 0 Å². The number of aromatic nitrogens is 3. The maximum absolute atomic E-state index is 12.7. The molecule has 5 nitrogen and oxygen atoms in total. The Morgan fingerprint density at radius 3 is 2.57 bits per heavy atom. The van der Waals surface area contributed by atoms with Crippen molar-refractivity contribution in [2.75, 3.05) is 13.1 Å². The number of aliphatic hydroxyl groups excluding tert-OH is 1. The number of β-amino-alcohol motifs (C(OH)–C–C–N with tert-alkyl or cyclic N) is 1. The first-order valence-electron chi connectivity index (χ1n) is 7.35. The van der Waals surface area contributed by atoms with Gasteiger partial charge in [0.1, 0.15) is 5.82 Å². The van der Waals surface area contributed by atoms with Crippen LogP contribution in [0, 0.1) is 5.92 Å². The van der Waals surface area contributed by atoms with Crippen LogP contribution in [0.5, 0.6) is 0 Å². The van der Waals surface area contributed by atoms with Crippen LogP contribution in [0.3, 0.4) is 0 Å². The third-order valence-electron chi connectivity index (χ3n) is 4.48. The molecule has 8 heteroatoms. The first kappa shape index (κ1) is 14.8. The third kappa shape index (κ3) is 3.06. The van der Waals surface area contributed by atoms with E-state index in [4.69, 9.17) is 0 Å². The van der Waals surface area contributed by atoms with Crippen LogP contribution in [0.4, 0.5) is 13.2 Å². The molecule has 1 fully saturated rings. The van der Waals surface area contributed by atoms with Crippen LogP contribution in [-0.2, 0) is 19.3 Å². The molecule has 1 atom stereocenters. The number of hydrogen-bond donors (Lipinski definition) is 1. The van der Waals surface area contributed by atoms with E-state index in [1.807, 2.05) is 4.90 Å². The zero-order chi connectivity index (χ0) is 15.0. The lowest BCUT2D eigenvalue weighted by Gasteiger charge is -2.31. The van der Waals surface area contributed by atoms with E-state index >= 15 is 0 Å². The molecule has 0 saturated heterocycles. The maximum atomic E-state index is 12.7. The van der Waals surface area contributed by atoms with E-state index in [1.165, 1.54) is 0 Å². The van der Waals surface area contributed by atoms with Crippen molar-refractivity contribution in [1.29, 1.82) is 0 Å². The average molecular weight is 304 g/mol. The molecule has 118 valence electrons. The quantitative estimate of drug-likeness (QED) is 0.923. The minimum atomic E-state index is -4.46. The number of rotatable bonds is 3. The predicted molar refractivity (Wildman–Crippen MR) is 68.3 cm³/mol. The fourth-order valence-corrected chi connectivity index (χ4v) is 3.33. The normalized spacial score (nSPS) is 22.5. The molecule has 0 radical (unpaired) electrons. The largest absolute Gasteiger partial charge is 0.451 e. The number of halogens is 3. The van der Waals surface area contributed by atoms with Crippen molar-refractivity contribution in [3.8, 4) is 0 Å². The van der Waals surface area contributed by atoms with Gasteiger partial charge in [0, 0.05) is 19.6 Å². The number of fused-ring (bicyclic) bond motifs is 1. The van der Waals surface area contributed by atoms with Crippen molar-refractivity contribution >= 4 is 0 Å². The van der Waals surface area contributed by atoms with Gasteiger partial charge >= 0.3 is 6.18 Å². The Kier molecular flexibility index (Phi) is 3.92. The summed E-state index contributed by atoms with van der Waals surface area (Å²) >= 11 is 0. The van der Waals surface area contributed by atoms with Gasteiger partial charge in [-0.25, -0.2) is 0 Å². The van der Waals surface area contributed by atoms with Crippen LogP contribution < -0.4 is 0 Å². The summed E-state index contributed by atoms with van der Waals surface area (Å²) in [6.45, 7) is 1.51. The lowest BCUT2D eigenvalue weighted by Crippen LogP contribution is -2.41. The average Bonchev–Trinajstić information content (AvgIpc) is 3.06. The van der Waals surface area contributed by atoms with E-state index in [1.54, 1.807) is 0 Å². The van der Waals surface area contributed by atoms with Crippen molar-refractivity contribution in [2.45, 2.75) is 51.1 Å². The smallest absolute Gasteiger partial charge is 0.392 e. The Morgan fingerprint density at radius 2 is 1.90 bits per heavy atom. The van der Waals surface area contributed by atoms with Gasteiger partial charge in [-0.05, 0) is 18.8 Å². The first-order valence-corrected chi connectivity index (χ1v) is 7.35.